The fourth-order valence-electron chi connectivity index (χ4n) is 1.59. The van der Waals surface area contributed by atoms with Crippen LogP contribution in [0.4, 0.5) is 0 Å². The smallest absolute Gasteiger partial charge is 0.0701 e. The zero-order valence-electron chi connectivity index (χ0n) is 8.79. The molecule has 0 amide bonds. The van der Waals surface area contributed by atoms with Crippen LogP contribution in [0.15, 0.2) is 34.1 Å². The van der Waals surface area contributed by atoms with E-state index in [4.69, 9.17) is 28.9 Å². The van der Waals surface area contributed by atoms with E-state index in [0.717, 1.165) is 15.8 Å². The number of hydrogen-bond acceptors (Lipinski definition) is 2. The van der Waals surface area contributed by atoms with E-state index < -0.39 is 0 Å². The first-order valence-electron chi connectivity index (χ1n) is 5.01. The largest absolute Gasteiger partial charge is 0.324 e. The Balaban J connectivity index is 2.19. The number of thiophene rings is 1. The summed E-state index contributed by atoms with van der Waals surface area (Å²) in [5.41, 5.74) is 7.05. The first-order valence-corrected chi connectivity index (χ1v) is 7.37. The van der Waals surface area contributed by atoms with Crippen molar-refractivity contribution in [3.05, 3.63) is 54.6 Å². The Hall–Kier alpha value is -0.0600. The summed E-state index contributed by atoms with van der Waals surface area (Å²) in [5, 5.41) is 1.32. The monoisotopic (exact) mass is 349 g/mol. The third-order valence-electron chi connectivity index (χ3n) is 2.41. The Morgan fingerprint density at radius 3 is 2.65 bits per heavy atom. The molecule has 0 saturated carbocycles. The second-order valence-corrected chi connectivity index (χ2v) is 7.07. The Labute approximate surface area is 123 Å². The van der Waals surface area contributed by atoms with Gasteiger partial charge in [-0.15, -0.1) is 11.3 Å². The molecule has 0 spiro atoms. The van der Waals surface area contributed by atoms with Gasteiger partial charge in [-0.3, -0.25) is 0 Å². The molecule has 17 heavy (non-hydrogen) atoms. The van der Waals surface area contributed by atoms with Crippen molar-refractivity contribution in [3.63, 3.8) is 0 Å². The van der Waals surface area contributed by atoms with E-state index in [9.17, 15) is 0 Å². The van der Waals surface area contributed by atoms with E-state index in [-0.39, 0.29) is 6.04 Å². The van der Waals surface area contributed by atoms with E-state index >= 15 is 0 Å². The lowest BCUT2D eigenvalue weighted by atomic mass is 10.0. The van der Waals surface area contributed by atoms with Crippen molar-refractivity contribution in [1.82, 2.24) is 0 Å². The Morgan fingerprint density at radius 2 is 2.00 bits per heavy atom. The molecule has 0 aliphatic heterocycles. The van der Waals surface area contributed by atoms with Gasteiger partial charge in [-0.05, 0) is 51.8 Å². The summed E-state index contributed by atoms with van der Waals surface area (Å²) >= 11 is 17.2. The molecule has 0 bridgehead atoms. The van der Waals surface area contributed by atoms with Crippen LogP contribution in [0, 0.1) is 0 Å². The quantitative estimate of drug-likeness (QED) is 0.822. The highest BCUT2D eigenvalue weighted by atomic mass is 79.9. The maximum absolute atomic E-state index is 6.15. The summed E-state index contributed by atoms with van der Waals surface area (Å²) in [6.45, 7) is 0. The average Bonchev–Trinajstić information content (AvgIpc) is 2.67. The van der Waals surface area contributed by atoms with Crippen LogP contribution >= 0.6 is 50.5 Å². The molecule has 1 nitrogen and oxygen atoms in total. The van der Waals surface area contributed by atoms with Crippen molar-refractivity contribution in [2.24, 2.45) is 5.73 Å². The van der Waals surface area contributed by atoms with Crippen LogP contribution < -0.4 is 5.73 Å². The van der Waals surface area contributed by atoms with Crippen LogP contribution in [0.25, 0.3) is 0 Å². The van der Waals surface area contributed by atoms with Gasteiger partial charge >= 0.3 is 0 Å². The average molecular weight is 351 g/mol. The highest BCUT2D eigenvalue weighted by Crippen LogP contribution is 2.30. The van der Waals surface area contributed by atoms with Crippen LogP contribution in [-0.4, -0.2) is 0 Å². The minimum atomic E-state index is -0.133. The van der Waals surface area contributed by atoms with Crippen molar-refractivity contribution < 1.29 is 0 Å². The Morgan fingerprint density at radius 1 is 1.24 bits per heavy atom. The lowest BCUT2D eigenvalue weighted by Gasteiger charge is -2.13. The molecule has 5 heteroatoms. The standard InChI is InChI=1S/C12H10BrCl2NS/c13-12-4-2-8(17-12)6-11(16)9-5-7(14)1-3-10(9)15/h1-5,11H,6,16H2. The zero-order chi connectivity index (χ0) is 12.4. The number of benzene rings is 1. The molecule has 0 saturated heterocycles. The maximum Gasteiger partial charge on any atom is 0.0701 e. The number of halogens is 3. The molecule has 1 aromatic heterocycles. The Bertz CT molecular complexity index is 527. The number of nitrogens with two attached hydrogens (primary N) is 1. The van der Waals surface area contributed by atoms with E-state index in [1.807, 2.05) is 12.1 Å². The highest BCUT2D eigenvalue weighted by Gasteiger charge is 2.12. The topological polar surface area (TPSA) is 26.0 Å². The second kappa shape index (κ2) is 5.72. The van der Waals surface area contributed by atoms with Crippen molar-refractivity contribution >= 4 is 50.5 Å². The van der Waals surface area contributed by atoms with Crippen LogP contribution in [-0.2, 0) is 6.42 Å². The van der Waals surface area contributed by atoms with E-state index in [1.54, 1.807) is 23.5 Å². The second-order valence-electron chi connectivity index (χ2n) is 3.68. The summed E-state index contributed by atoms with van der Waals surface area (Å²) < 4.78 is 1.11. The predicted octanol–water partition coefficient (Wildman–Crippen LogP) is 5.06. The summed E-state index contributed by atoms with van der Waals surface area (Å²) in [4.78, 5) is 1.22. The maximum atomic E-state index is 6.15. The van der Waals surface area contributed by atoms with E-state index in [1.165, 1.54) is 4.88 Å². The van der Waals surface area contributed by atoms with Crippen molar-refractivity contribution in [2.45, 2.75) is 12.5 Å². The highest BCUT2D eigenvalue weighted by molar-refractivity contribution is 9.11. The van der Waals surface area contributed by atoms with Gasteiger partial charge in [0.25, 0.3) is 0 Å². The molecule has 2 N–H and O–H groups in total. The van der Waals surface area contributed by atoms with Gasteiger partial charge in [-0.2, -0.15) is 0 Å². The molecule has 1 unspecified atom stereocenters. The molecule has 0 aliphatic carbocycles. The summed E-state index contributed by atoms with van der Waals surface area (Å²) in [6, 6.07) is 9.33. The van der Waals surface area contributed by atoms with E-state index in [2.05, 4.69) is 22.0 Å². The molecule has 1 heterocycles. The summed E-state index contributed by atoms with van der Waals surface area (Å²) in [7, 11) is 0. The molecule has 90 valence electrons. The fourth-order valence-corrected chi connectivity index (χ4v) is 3.57. The first kappa shape index (κ1) is 13.4. The molecule has 1 atom stereocenters. The molecule has 0 radical (unpaired) electrons. The lowest BCUT2D eigenvalue weighted by Crippen LogP contribution is -2.13. The minimum absolute atomic E-state index is 0.133. The summed E-state index contributed by atoms with van der Waals surface area (Å²) in [5.74, 6) is 0. The number of hydrogen-bond donors (Lipinski definition) is 1. The zero-order valence-corrected chi connectivity index (χ0v) is 12.7. The SMILES string of the molecule is NC(Cc1ccc(Br)s1)c1cc(Cl)ccc1Cl. The van der Waals surface area contributed by atoms with Crippen LogP contribution in [0.1, 0.15) is 16.5 Å². The molecular formula is C12H10BrCl2NS. The molecule has 0 fully saturated rings. The lowest BCUT2D eigenvalue weighted by molar-refractivity contribution is 0.730. The van der Waals surface area contributed by atoms with Crippen molar-refractivity contribution in [2.75, 3.05) is 0 Å². The van der Waals surface area contributed by atoms with Gasteiger partial charge < -0.3 is 5.73 Å². The summed E-state index contributed by atoms with van der Waals surface area (Å²) in [6.07, 6.45) is 0.760. The van der Waals surface area contributed by atoms with Gasteiger partial charge in [-0.1, -0.05) is 23.2 Å². The molecular weight excluding hydrogens is 341 g/mol. The number of rotatable bonds is 3. The predicted molar refractivity (Wildman–Crippen MR) is 79.1 cm³/mol. The normalized spacial score (nSPS) is 12.7. The minimum Gasteiger partial charge on any atom is -0.324 e. The van der Waals surface area contributed by atoms with Gasteiger partial charge in [-0.25, -0.2) is 0 Å². The van der Waals surface area contributed by atoms with Crippen molar-refractivity contribution in [1.29, 1.82) is 0 Å². The third kappa shape index (κ3) is 3.46. The van der Waals surface area contributed by atoms with Gasteiger partial charge in [0, 0.05) is 27.4 Å². The fraction of sp³-hybridized carbons (Fsp3) is 0.167. The molecule has 2 rings (SSSR count). The molecule has 2 aromatic rings. The van der Waals surface area contributed by atoms with Gasteiger partial charge in [0.1, 0.15) is 0 Å². The molecule has 0 aliphatic rings. The van der Waals surface area contributed by atoms with Crippen molar-refractivity contribution in [3.8, 4) is 0 Å². The first-order chi connectivity index (χ1) is 8.06. The van der Waals surface area contributed by atoms with Crippen LogP contribution in [0.5, 0.6) is 0 Å². The molecule has 1 aromatic carbocycles. The van der Waals surface area contributed by atoms with Gasteiger partial charge in [0.15, 0.2) is 0 Å². The van der Waals surface area contributed by atoms with E-state index in [0.29, 0.717) is 10.0 Å². The third-order valence-corrected chi connectivity index (χ3v) is 4.63. The Kier molecular flexibility index (Phi) is 4.50. The van der Waals surface area contributed by atoms with Gasteiger partial charge in [0.2, 0.25) is 0 Å². The van der Waals surface area contributed by atoms with Crippen LogP contribution in [0.3, 0.4) is 0 Å². The van der Waals surface area contributed by atoms with Gasteiger partial charge in [0.05, 0.1) is 3.79 Å². The van der Waals surface area contributed by atoms with Crippen LogP contribution in [0.2, 0.25) is 10.0 Å².